The van der Waals surface area contributed by atoms with Gasteiger partial charge in [0.2, 0.25) is 0 Å². The fraction of sp³-hybridized carbons (Fsp3) is 0.500. The van der Waals surface area contributed by atoms with Crippen molar-refractivity contribution in [1.29, 1.82) is 0 Å². The van der Waals surface area contributed by atoms with E-state index in [0.717, 1.165) is 19.6 Å². The lowest BCUT2D eigenvalue weighted by Gasteiger charge is -2.14. The molecule has 1 unspecified atom stereocenters. The highest BCUT2D eigenvalue weighted by molar-refractivity contribution is 5.34. The van der Waals surface area contributed by atoms with E-state index < -0.39 is 0 Å². The monoisotopic (exact) mass is 191 g/mol. The van der Waals surface area contributed by atoms with Gasteiger partial charge >= 0.3 is 0 Å². The summed E-state index contributed by atoms with van der Waals surface area (Å²) in [7, 11) is 2.01. The minimum Gasteiger partial charge on any atom is -0.372 e. The quantitative estimate of drug-likeness (QED) is 0.792. The Labute approximate surface area is 85.3 Å². The van der Waals surface area contributed by atoms with E-state index in [4.69, 9.17) is 4.74 Å². The van der Waals surface area contributed by atoms with E-state index in [-0.39, 0.29) is 0 Å². The highest BCUT2D eigenvalue weighted by atomic mass is 16.5. The van der Waals surface area contributed by atoms with Gasteiger partial charge in [0.25, 0.3) is 0 Å². The normalized spacial score (nSPS) is 16.7. The molecule has 1 aliphatic rings. The summed E-state index contributed by atoms with van der Waals surface area (Å²) in [6.45, 7) is 3.76. The predicted molar refractivity (Wildman–Crippen MR) is 57.0 cm³/mol. The molecule has 14 heavy (non-hydrogen) atoms. The summed E-state index contributed by atoms with van der Waals surface area (Å²) in [6, 6.07) is 7.14. The van der Waals surface area contributed by atoms with Crippen LogP contribution in [-0.4, -0.2) is 7.05 Å². The van der Waals surface area contributed by atoms with Crippen LogP contribution in [0.2, 0.25) is 0 Å². The van der Waals surface area contributed by atoms with Gasteiger partial charge in [-0.05, 0) is 30.2 Å². The molecule has 0 radical (unpaired) electrons. The number of fused-ring (bicyclic) bond motifs is 1. The molecule has 0 saturated carbocycles. The van der Waals surface area contributed by atoms with Crippen LogP contribution < -0.4 is 5.32 Å². The molecule has 1 atom stereocenters. The van der Waals surface area contributed by atoms with Crippen LogP contribution in [0.15, 0.2) is 18.2 Å². The Morgan fingerprint density at radius 2 is 2.14 bits per heavy atom. The Kier molecular flexibility index (Phi) is 2.85. The van der Waals surface area contributed by atoms with Crippen molar-refractivity contribution in [2.24, 2.45) is 0 Å². The lowest BCUT2D eigenvalue weighted by Crippen LogP contribution is -2.15. The predicted octanol–water partition coefficient (Wildman–Crippen LogP) is 2.39. The molecule has 0 spiro atoms. The molecule has 1 aromatic rings. The number of ether oxygens (including phenoxy) is 1. The van der Waals surface area contributed by atoms with E-state index in [1.807, 2.05) is 7.05 Å². The van der Waals surface area contributed by atoms with Gasteiger partial charge < -0.3 is 10.1 Å². The molecule has 0 amide bonds. The van der Waals surface area contributed by atoms with Gasteiger partial charge in [-0.25, -0.2) is 0 Å². The topological polar surface area (TPSA) is 21.3 Å². The van der Waals surface area contributed by atoms with E-state index in [2.05, 4.69) is 30.4 Å². The van der Waals surface area contributed by atoms with E-state index in [0.29, 0.717) is 6.04 Å². The number of benzene rings is 1. The molecule has 0 aromatic heterocycles. The maximum Gasteiger partial charge on any atom is 0.0725 e. The van der Waals surface area contributed by atoms with Gasteiger partial charge in [0.05, 0.1) is 13.2 Å². The van der Waals surface area contributed by atoms with E-state index in [1.165, 1.54) is 16.7 Å². The van der Waals surface area contributed by atoms with Crippen LogP contribution in [0.3, 0.4) is 0 Å². The summed E-state index contributed by atoms with van der Waals surface area (Å²) in [6.07, 6.45) is 1.12. The summed E-state index contributed by atoms with van der Waals surface area (Å²) >= 11 is 0. The van der Waals surface area contributed by atoms with Gasteiger partial charge in [0, 0.05) is 6.04 Å². The molecule has 2 heteroatoms. The van der Waals surface area contributed by atoms with Crippen LogP contribution in [0.25, 0.3) is 0 Å². The van der Waals surface area contributed by atoms with Crippen LogP contribution >= 0.6 is 0 Å². The standard InChI is InChI=1S/C12H17NO/c1-3-12(13-2)9-4-5-10-7-14-8-11(10)6-9/h4-6,12-13H,3,7-8H2,1-2H3. The zero-order chi connectivity index (χ0) is 9.97. The largest absolute Gasteiger partial charge is 0.372 e. The first-order chi connectivity index (χ1) is 6.85. The smallest absolute Gasteiger partial charge is 0.0725 e. The molecule has 76 valence electrons. The summed E-state index contributed by atoms with van der Waals surface area (Å²) in [5.74, 6) is 0. The minimum atomic E-state index is 0.473. The van der Waals surface area contributed by atoms with Crippen LogP contribution in [0, 0.1) is 0 Å². The second-order valence-electron chi connectivity index (χ2n) is 3.77. The molecule has 1 N–H and O–H groups in total. The third kappa shape index (κ3) is 1.68. The molecule has 0 saturated heterocycles. The van der Waals surface area contributed by atoms with Crippen LogP contribution in [0.1, 0.15) is 36.1 Å². The van der Waals surface area contributed by atoms with E-state index >= 15 is 0 Å². The maximum absolute atomic E-state index is 5.40. The molecule has 2 rings (SSSR count). The minimum absolute atomic E-state index is 0.473. The van der Waals surface area contributed by atoms with Crippen molar-refractivity contribution in [3.63, 3.8) is 0 Å². The van der Waals surface area contributed by atoms with Crippen molar-refractivity contribution in [3.05, 3.63) is 34.9 Å². The molecule has 2 nitrogen and oxygen atoms in total. The van der Waals surface area contributed by atoms with Gasteiger partial charge in [-0.1, -0.05) is 25.1 Å². The number of nitrogens with one attached hydrogen (secondary N) is 1. The molecule has 0 fully saturated rings. The van der Waals surface area contributed by atoms with Gasteiger partial charge in [-0.2, -0.15) is 0 Å². The van der Waals surface area contributed by atoms with Crippen molar-refractivity contribution in [3.8, 4) is 0 Å². The highest BCUT2D eigenvalue weighted by Crippen LogP contribution is 2.24. The second-order valence-corrected chi connectivity index (χ2v) is 3.77. The van der Waals surface area contributed by atoms with Gasteiger partial charge in [0.1, 0.15) is 0 Å². The molecule has 0 aliphatic carbocycles. The average Bonchev–Trinajstić information content (AvgIpc) is 2.66. The SMILES string of the molecule is CCC(NC)c1ccc2c(c1)COC2. The molecule has 1 aromatic carbocycles. The zero-order valence-corrected chi connectivity index (χ0v) is 8.84. The summed E-state index contributed by atoms with van der Waals surface area (Å²) in [5.41, 5.74) is 4.08. The van der Waals surface area contributed by atoms with E-state index in [1.54, 1.807) is 0 Å². The first-order valence-corrected chi connectivity index (χ1v) is 5.22. The number of rotatable bonds is 3. The Bertz CT molecular complexity index is 318. The van der Waals surface area contributed by atoms with Gasteiger partial charge in [0.15, 0.2) is 0 Å². The molecule has 1 heterocycles. The van der Waals surface area contributed by atoms with Crippen molar-refractivity contribution in [1.82, 2.24) is 5.32 Å². The Morgan fingerprint density at radius 3 is 2.86 bits per heavy atom. The number of hydrogen-bond acceptors (Lipinski definition) is 2. The Hall–Kier alpha value is -0.860. The Balaban J connectivity index is 2.27. The van der Waals surface area contributed by atoms with Crippen LogP contribution in [-0.2, 0) is 18.0 Å². The second kappa shape index (κ2) is 4.11. The highest BCUT2D eigenvalue weighted by Gasteiger charge is 2.13. The third-order valence-corrected chi connectivity index (χ3v) is 2.90. The van der Waals surface area contributed by atoms with E-state index in [9.17, 15) is 0 Å². The molecular weight excluding hydrogens is 174 g/mol. The van der Waals surface area contributed by atoms with Crippen LogP contribution in [0.5, 0.6) is 0 Å². The van der Waals surface area contributed by atoms with Crippen molar-refractivity contribution in [2.75, 3.05) is 7.05 Å². The maximum atomic E-state index is 5.40. The van der Waals surface area contributed by atoms with Crippen molar-refractivity contribution >= 4 is 0 Å². The first kappa shape index (κ1) is 9.69. The lowest BCUT2D eigenvalue weighted by atomic mass is 10.00. The Morgan fingerprint density at radius 1 is 1.36 bits per heavy atom. The lowest BCUT2D eigenvalue weighted by molar-refractivity contribution is 0.134. The third-order valence-electron chi connectivity index (χ3n) is 2.90. The molecule has 1 aliphatic heterocycles. The van der Waals surface area contributed by atoms with Gasteiger partial charge in [-0.15, -0.1) is 0 Å². The summed E-state index contributed by atoms with van der Waals surface area (Å²) in [5, 5.41) is 3.32. The molecular formula is C12H17NO. The number of hydrogen-bond donors (Lipinski definition) is 1. The average molecular weight is 191 g/mol. The summed E-state index contributed by atoms with van der Waals surface area (Å²) < 4.78 is 5.40. The van der Waals surface area contributed by atoms with Crippen molar-refractivity contribution < 1.29 is 4.74 Å². The fourth-order valence-electron chi connectivity index (χ4n) is 2.02. The van der Waals surface area contributed by atoms with Gasteiger partial charge in [-0.3, -0.25) is 0 Å². The summed E-state index contributed by atoms with van der Waals surface area (Å²) in [4.78, 5) is 0. The molecule has 0 bridgehead atoms. The first-order valence-electron chi connectivity index (χ1n) is 5.22. The zero-order valence-electron chi connectivity index (χ0n) is 8.84. The fourth-order valence-corrected chi connectivity index (χ4v) is 2.02. The van der Waals surface area contributed by atoms with Crippen molar-refractivity contribution in [2.45, 2.75) is 32.6 Å². The van der Waals surface area contributed by atoms with Crippen LogP contribution in [0.4, 0.5) is 0 Å².